The Kier molecular flexibility index (Phi) is 5.66. The summed E-state index contributed by atoms with van der Waals surface area (Å²) < 4.78 is 0. The average molecular weight is 301 g/mol. The molecule has 1 fully saturated rings. The highest BCUT2D eigenvalue weighted by Crippen LogP contribution is 2.46. The van der Waals surface area contributed by atoms with Crippen LogP contribution in [-0.2, 0) is 4.79 Å². The van der Waals surface area contributed by atoms with Crippen molar-refractivity contribution in [1.29, 1.82) is 0 Å². The van der Waals surface area contributed by atoms with E-state index in [9.17, 15) is 4.79 Å². The second-order valence-electron chi connectivity index (χ2n) is 7.45. The number of rotatable bonds is 6. The van der Waals surface area contributed by atoms with Gasteiger partial charge in [0, 0.05) is 17.6 Å². The van der Waals surface area contributed by atoms with Crippen LogP contribution in [0.5, 0.6) is 0 Å². The van der Waals surface area contributed by atoms with E-state index in [0.717, 1.165) is 37.9 Å². The highest BCUT2D eigenvalue weighted by Gasteiger charge is 2.44. The van der Waals surface area contributed by atoms with Crippen LogP contribution in [0.25, 0.3) is 0 Å². The number of hydrogen-bond donors (Lipinski definition) is 0. The van der Waals surface area contributed by atoms with Gasteiger partial charge in [0.1, 0.15) is 0 Å². The predicted molar refractivity (Wildman–Crippen MR) is 94.0 cm³/mol. The summed E-state index contributed by atoms with van der Waals surface area (Å²) in [6.07, 6.45) is 5.44. The number of carbonyl (C=O) groups excluding carboxylic acids is 1. The molecule has 1 aliphatic carbocycles. The largest absolute Gasteiger partial charge is 0.312 e. The zero-order valence-electron chi connectivity index (χ0n) is 14.6. The third-order valence-electron chi connectivity index (χ3n) is 5.29. The molecule has 0 spiro atoms. The number of hydrogen-bond acceptors (Lipinski definition) is 1. The standard InChI is InChI=1S/C20H31NO/c1-5-6-14-21(18-10-8-7-9-11-18)19(22)20(4)13-12-17(15-20)16(2)3/h7-11,16-17H,5-6,12-15H2,1-4H3. The first-order chi connectivity index (χ1) is 10.5. The zero-order valence-corrected chi connectivity index (χ0v) is 14.6. The van der Waals surface area contributed by atoms with Gasteiger partial charge in [-0.2, -0.15) is 0 Å². The van der Waals surface area contributed by atoms with Gasteiger partial charge in [-0.05, 0) is 49.7 Å². The van der Waals surface area contributed by atoms with Crippen LogP contribution in [0.15, 0.2) is 30.3 Å². The molecule has 1 aliphatic rings. The number of unbranched alkanes of at least 4 members (excludes halogenated alkanes) is 1. The molecule has 122 valence electrons. The number of nitrogens with zero attached hydrogens (tertiary/aromatic N) is 1. The maximum absolute atomic E-state index is 13.3. The molecule has 2 nitrogen and oxygen atoms in total. The summed E-state index contributed by atoms with van der Waals surface area (Å²) in [5.41, 5.74) is 0.869. The summed E-state index contributed by atoms with van der Waals surface area (Å²) in [5.74, 6) is 1.70. The van der Waals surface area contributed by atoms with Crippen LogP contribution >= 0.6 is 0 Å². The smallest absolute Gasteiger partial charge is 0.232 e. The van der Waals surface area contributed by atoms with Crippen molar-refractivity contribution in [2.75, 3.05) is 11.4 Å². The number of para-hydroxylation sites is 1. The van der Waals surface area contributed by atoms with Crippen molar-refractivity contribution in [1.82, 2.24) is 0 Å². The van der Waals surface area contributed by atoms with Crippen LogP contribution in [0.3, 0.4) is 0 Å². The van der Waals surface area contributed by atoms with Crippen molar-refractivity contribution in [3.05, 3.63) is 30.3 Å². The SMILES string of the molecule is CCCCN(C(=O)C1(C)CCC(C(C)C)C1)c1ccccc1. The molecule has 1 saturated carbocycles. The Hall–Kier alpha value is -1.31. The van der Waals surface area contributed by atoms with Gasteiger partial charge in [0.2, 0.25) is 5.91 Å². The van der Waals surface area contributed by atoms with E-state index >= 15 is 0 Å². The van der Waals surface area contributed by atoms with Gasteiger partial charge in [-0.1, -0.05) is 52.3 Å². The molecule has 2 unspecified atom stereocenters. The van der Waals surface area contributed by atoms with Crippen molar-refractivity contribution in [2.45, 2.75) is 59.8 Å². The van der Waals surface area contributed by atoms with Gasteiger partial charge in [-0.15, -0.1) is 0 Å². The fourth-order valence-corrected chi connectivity index (χ4v) is 3.65. The maximum atomic E-state index is 13.3. The van der Waals surface area contributed by atoms with E-state index in [2.05, 4.69) is 39.8 Å². The fourth-order valence-electron chi connectivity index (χ4n) is 3.65. The number of benzene rings is 1. The normalized spacial score (nSPS) is 24.7. The van der Waals surface area contributed by atoms with E-state index in [4.69, 9.17) is 0 Å². The molecule has 1 aromatic carbocycles. The second kappa shape index (κ2) is 7.30. The van der Waals surface area contributed by atoms with E-state index in [-0.39, 0.29) is 5.41 Å². The molecule has 1 aromatic rings. The van der Waals surface area contributed by atoms with Crippen LogP contribution in [0.1, 0.15) is 59.8 Å². The molecular weight excluding hydrogens is 270 g/mol. The molecule has 0 heterocycles. The van der Waals surface area contributed by atoms with E-state index in [1.807, 2.05) is 23.1 Å². The number of anilines is 1. The van der Waals surface area contributed by atoms with E-state index in [0.29, 0.717) is 17.7 Å². The Morgan fingerprint density at radius 1 is 1.32 bits per heavy atom. The number of carbonyl (C=O) groups is 1. The van der Waals surface area contributed by atoms with Crippen LogP contribution in [0, 0.1) is 17.3 Å². The first kappa shape index (κ1) is 17.1. The quantitative estimate of drug-likeness (QED) is 0.700. The summed E-state index contributed by atoms with van der Waals surface area (Å²) in [6, 6.07) is 10.2. The molecule has 0 N–H and O–H groups in total. The van der Waals surface area contributed by atoms with Gasteiger partial charge in [0.15, 0.2) is 0 Å². The van der Waals surface area contributed by atoms with E-state index in [1.165, 1.54) is 6.42 Å². The average Bonchev–Trinajstić information content (AvgIpc) is 2.93. The maximum Gasteiger partial charge on any atom is 0.232 e. The van der Waals surface area contributed by atoms with Crippen LogP contribution < -0.4 is 4.90 Å². The van der Waals surface area contributed by atoms with E-state index < -0.39 is 0 Å². The van der Waals surface area contributed by atoms with E-state index in [1.54, 1.807) is 0 Å². The topological polar surface area (TPSA) is 20.3 Å². The second-order valence-corrected chi connectivity index (χ2v) is 7.45. The minimum atomic E-state index is -0.182. The van der Waals surface area contributed by atoms with Gasteiger partial charge >= 0.3 is 0 Å². The molecule has 0 aliphatic heterocycles. The number of amides is 1. The Balaban J connectivity index is 2.19. The van der Waals surface area contributed by atoms with Crippen molar-refractivity contribution < 1.29 is 4.79 Å². The highest BCUT2D eigenvalue weighted by atomic mass is 16.2. The molecule has 0 bridgehead atoms. The van der Waals surface area contributed by atoms with Gasteiger partial charge in [0.05, 0.1) is 0 Å². The van der Waals surface area contributed by atoms with Gasteiger partial charge in [-0.3, -0.25) is 4.79 Å². The minimum Gasteiger partial charge on any atom is -0.312 e. The third kappa shape index (κ3) is 3.71. The monoisotopic (exact) mass is 301 g/mol. The van der Waals surface area contributed by atoms with Crippen molar-refractivity contribution in [3.63, 3.8) is 0 Å². The fraction of sp³-hybridized carbons (Fsp3) is 0.650. The molecule has 0 saturated heterocycles. The Morgan fingerprint density at radius 3 is 2.55 bits per heavy atom. The lowest BCUT2D eigenvalue weighted by Crippen LogP contribution is -2.42. The summed E-state index contributed by atoms with van der Waals surface area (Å²) in [7, 11) is 0. The minimum absolute atomic E-state index is 0.182. The summed E-state index contributed by atoms with van der Waals surface area (Å²) in [5, 5.41) is 0. The summed E-state index contributed by atoms with van der Waals surface area (Å²) >= 11 is 0. The van der Waals surface area contributed by atoms with Crippen molar-refractivity contribution >= 4 is 11.6 Å². The Morgan fingerprint density at radius 2 is 2.00 bits per heavy atom. The van der Waals surface area contributed by atoms with Crippen LogP contribution in [0.4, 0.5) is 5.69 Å². The van der Waals surface area contributed by atoms with Crippen LogP contribution in [0.2, 0.25) is 0 Å². The molecule has 0 radical (unpaired) electrons. The van der Waals surface area contributed by atoms with Gasteiger partial charge in [-0.25, -0.2) is 0 Å². The molecule has 2 heteroatoms. The Bertz CT molecular complexity index is 482. The summed E-state index contributed by atoms with van der Waals surface area (Å²) in [6.45, 7) is 9.76. The third-order valence-corrected chi connectivity index (χ3v) is 5.29. The first-order valence-electron chi connectivity index (χ1n) is 8.85. The van der Waals surface area contributed by atoms with Crippen LogP contribution in [-0.4, -0.2) is 12.5 Å². The molecule has 1 amide bonds. The molecule has 2 rings (SSSR count). The lowest BCUT2D eigenvalue weighted by molar-refractivity contribution is -0.127. The molecular formula is C20H31NO. The lowest BCUT2D eigenvalue weighted by atomic mass is 9.83. The predicted octanol–water partition coefficient (Wildman–Crippen LogP) is 5.28. The molecule has 2 atom stereocenters. The summed E-state index contributed by atoms with van der Waals surface area (Å²) in [4.78, 5) is 15.3. The van der Waals surface area contributed by atoms with Gasteiger partial charge < -0.3 is 4.90 Å². The first-order valence-corrected chi connectivity index (χ1v) is 8.85. The Labute approximate surface area is 135 Å². The lowest BCUT2D eigenvalue weighted by Gasteiger charge is -2.32. The van der Waals surface area contributed by atoms with Crippen molar-refractivity contribution in [3.8, 4) is 0 Å². The molecule has 22 heavy (non-hydrogen) atoms. The zero-order chi connectivity index (χ0) is 16.2. The molecule has 0 aromatic heterocycles. The highest BCUT2D eigenvalue weighted by molar-refractivity contribution is 5.97. The van der Waals surface area contributed by atoms with Crippen molar-refractivity contribution in [2.24, 2.45) is 17.3 Å². The van der Waals surface area contributed by atoms with Gasteiger partial charge in [0.25, 0.3) is 0 Å².